The van der Waals surface area contributed by atoms with Gasteiger partial charge >= 0.3 is 12.4 Å². The van der Waals surface area contributed by atoms with Crippen LogP contribution in [0.25, 0.3) is 0 Å². The number of carbonyl (C=O) groups is 1. The van der Waals surface area contributed by atoms with Gasteiger partial charge in [0.15, 0.2) is 0 Å². The maximum atomic E-state index is 13.8. The van der Waals surface area contributed by atoms with Crippen LogP contribution in [0.4, 0.5) is 30.7 Å². The van der Waals surface area contributed by atoms with Crippen LogP contribution in [0.3, 0.4) is 0 Å². The number of halogens is 7. The van der Waals surface area contributed by atoms with E-state index in [-0.39, 0.29) is 42.5 Å². The molecule has 2 fully saturated rings. The van der Waals surface area contributed by atoms with Crippen molar-refractivity contribution >= 4 is 5.91 Å². The van der Waals surface area contributed by atoms with Crippen molar-refractivity contribution in [3.63, 3.8) is 0 Å². The van der Waals surface area contributed by atoms with E-state index in [1.807, 2.05) is 30.3 Å². The highest BCUT2D eigenvalue weighted by Gasteiger charge is 2.49. The third-order valence-corrected chi connectivity index (χ3v) is 7.84. The lowest BCUT2D eigenvalue weighted by Gasteiger charge is -2.37. The maximum Gasteiger partial charge on any atom is 0.416 e. The zero-order valence-corrected chi connectivity index (χ0v) is 21.3. The fraction of sp³-hybridized carbons (Fsp3) is 0.367. The number of carbonyl (C=O) groups excluding carboxylic acids is 1. The van der Waals surface area contributed by atoms with Gasteiger partial charge in [-0.15, -0.1) is 0 Å². The van der Waals surface area contributed by atoms with Gasteiger partial charge in [0.1, 0.15) is 5.82 Å². The van der Waals surface area contributed by atoms with Crippen molar-refractivity contribution < 1.29 is 40.3 Å². The summed E-state index contributed by atoms with van der Waals surface area (Å²) < 4.78 is 101. The molecule has 0 aliphatic carbocycles. The first-order chi connectivity index (χ1) is 18.8. The van der Waals surface area contributed by atoms with Gasteiger partial charge in [0, 0.05) is 24.9 Å². The van der Waals surface area contributed by atoms with E-state index < -0.39 is 47.4 Å². The first-order valence-electron chi connectivity index (χ1n) is 12.9. The zero-order chi connectivity index (χ0) is 28.8. The Morgan fingerprint density at radius 2 is 1.45 bits per heavy atom. The topological polar surface area (TPSA) is 29.5 Å². The minimum Gasteiger partial charge on any atom is -0.368 e. The third kappa shape index (κ3) is 5.73. The molecule has 0 saturated carbocycles. The summed E-state index contributed by atoms with van der Waals surface area (Å²) in [4.78, 5) is 14.9. The smallest absolute Gasteiger partial charge is 0.368 e. The van der Waals surface area contributed by atoms with Gasteiger partial charge in [-0.2, -0.15) is 26.3 Å². The quantitative estimate of drug-likeness (QED) is 0.295. The van der Waals surface area contributed by atoms with Crippen LogP contribution >= 0.6 is 0 Å². The molecular weight excluding hydrogens is 539 g/mol. The molecule has 0 bridgehead atoms. The van der Waals surface area contributed by atoms with Crippen molar-refractivity contribution in [2.45, 2.75) is 62.2 Å². The fourth-order valence-corrected chi connectivity index (χ4v) is 5.93. The number of ether oxygens (including phenoxy) is 1. The van der Waals surface area contributed by atoms with Crippen molar-refractivity contribution in [2.24, 2.45) is 0 Å². The minimum atomic E-state index is -4.99. The van der Waals surface area contributed by atoms with Crippen molar-refractivity contribution in [1.29, 1.82) is 0 Å². The molecule has 1 amide bonds. The summed E-state index contributed by atoms with van der Waals surface area (Å²) in [7, 11) is 0. The molecule has 0 spiro atoms. The molecule has 5 atom stereocenters. The molecule has 0 N–H and O–H groups in total. The second kappa shape index (κ2) is 10.5. The number of nitrogens with zero attached hydrogens (tertiary/aromatic N) is 1. The van der Waals surface area contributed by atoms with Crippen molar-refractivity contribution in [1.82, 2.24) is 4.90 Å². The third-order valence-electron chi connectivity index (χ3n) is 7.84. The Balaban J connectivity index is 1.49. The maximum absolute atomic E-state index is 13.8. The van der Waals surface area contributed by atoms with Crippen LogP contribution in [0.2, 0.25) is 0 Å². The van der Waals surface area contributed by atoms with Crippen LogP contribution in [0, 0.1) is 5.82 Å². The number of benzene rings is 3. The number of fused-ring (bicyclic) bond motifs is 1. The molecule has 3 nitrogen and oxygen atoms in total. The van der Waals surface area contributed by atoms with E-state index in [1.165, 1.54) is 19.1 Å². The average Bonchev–Trinajstić information content (AvgIpc) is 3.26. The van der Waals surface area contributed by atoms with E-state index in [4.69, 9.17) is 4.74 Å². The van der Waals surface area contributed by atoms with Gasteiger partial charge in [0.25, 0.3) is 0 Å². The molecule has 2 aliphatic rings. The van der Waals surface area contributed by atoms with Crippen molar-refractivity contribution in [3.05, 3.63) is 106 Å². The van der Waals surface area contributed by atoms with E-state index in [9.17, 15) is 35.5 Å². The van der Waals surface area contributed by atoms with Gasteiger partial charge < -0.3 is 9.64 Å². The zero-order valence-electron chi connectivity index (χ0n) is 21.3. The molecular formula is C30H26F7NO2. The standard InChI is InChI=1S/C30H26F7NO2/c1-17(20-11-22(29(32,33)34)15-23(12-20)30(35,36)37)40-26-16-38-25(28(26)19-7-9-24(31)10-8-19)13-21(14-27(38)39)18-5-3-2-4-6-18/h2-12,15,17,21,25-26,28H,13-14,16H2,1H3/t17-,21?,25+,26+,28?/m1/s1. The molecule has 5 rings (SSSR count). The van der Waals surface area contributed by atoms with Gasteiger partial charge in [-0.05, 0) is 66.3 Å². The number of piperidine rings is 1. The Hall–Kier alpha value is -3.40. The number of hydrogen-bond donors (Lipinski definition) is 0. The molecule has 0 radical (unpaired) electrons. The largest absolute Gasteiger partial charge is 0.416 e. The predicted octanol–water partition coefficient (Wildman–Crippen LogP) is 7.88. The van der Waals surface area contributed by atoms with E-state index in [1.54, 1.807) is 17.0 Å². The Morgan fingerprint density at radius 1 is 0.850 bits per heavy atom. The molecule has 3 aromatic carbocycles. The van der Waals surface area contributed by atoms with E-state index in [2.05, 4.69) is 0 Å². The van der Waals surface area contributed by atoms with Crippen LogP contribution in [0.15, 0.2) is 72.8 Å². The molecule has 2 heterocycles. The number of alkyl halides is 6. The predicted molar refractivity (Wildman–Crippen MR) is 133 cm³/mol. The molecule has 0 aromatic heterocycles. The summed E-state index contributed by atoms with van der Waals surface area (Å²) in [6.45, 7) is 1.51. The van der Waals surface area contributed by atoms with Gasteiger partial charge in [-0.3, -0.25) is 4.79 Å². The van der Waals surface area contributed by atoms with Crippen LogP contribution in [-0.4, -0.2) is 29.5 Å². The number of hydrogen-bond acceptors (Lipinski definition) is 2. The molecule has 2 saturated heterocycles. The van der Waals surface area contributed by atoms with Crippen LogP contribution in [0.5, 0.6) is 0 Å². The summed E-state index contributed by atoms with van der Waals surface area (Å²) in [6.07, 6.45) is -11.0. The first kappa shape index (κ1) is 28.1. The lowest BCUT2D eigenvalue weighted by atomic mass is 9.79. The van der Waals surface area contributed by atoms with Crippen molar-refractivity contribution in [2.75, 3.05) is 6.54 Å². The molecule has 3 aromatic rings. The van der Waals surface area contributed by atoms with E-state index in [0.717, 1.165) is 5.56 Å². The highest BCUT2D eigenvalue weighted by atomic mass is 19.4. The lowest BCUT2D eigenvalue weighted by molar-refractivity contribution is -0.143. The molecule has 212 valence electrons. The molecule has 2 aliphatic heterocycles. The van der Waals surface area contributed by atoms with E-state index >= 15 is 0 Å². The number of rotatable bonds is 5. The Morgan fingerprint density at radius 3 is 2.02 bits per heavy atom. The van der Waals surface area contributed by atoms with Gasteiger partial charge in [-0.1, -0.05) is 42.5 Å². The normalized spacial score (nSPS) is 24.2. The minimum absolute atomic E-state index is 0.0770. The van der Waals surface area contributed by atoms with Crippen molar-refractivity contribution in [3.8, 4) is 0 Å². The Labute approximate surface area is 226 Å². The summed E-state index contributed by atoms with van der Waals surface area (Å²) >= 11 is 0. The highest BCUT2D eigenvalue weighted by Crippen LogP contribution is 2.46. The number of amides is 1. The van der Waals surface area contributed by atoms with Crippen LogP contribution in [-0.2, 0) is 21.9 Å². The van der Waals surface area contributed by atoms with E-state index in [0.29, 0.717) is 24.1 Å². The summed E-state index contributed by atoms with van der Waals surface area (Å²) in [5.74, 6) is -1.12. The summed E-state index contributed by atoms with van der Waals surface area (Å²) in [5, 5.41) is 0. The second-order valence-corrected chi connectivity index (χ2v) is 10.4. The lowest BCUT2D eigenvalue weighted by Crippen LogP contribution is -2.43. The summed E-state index contributed by atoms with van der Waals surface area (Å²) in [6, 6.07) is 16.3. The Kier molecular flexibility index (Phi) is 7.41. The fourth-order valence-electron chi connectivity index (χ4n) is 5.93. The van der Waals surface area contributed by atoms with Gasteiger partial charge in [0.05, 0.1) is 23.3 Å². The van der Waals surface area contributed by atoms with Crippen LogP contribution in [0.1, 0.15) is 65.5 Å². The molecule has 2 unspecified atom stereocenters. The summed E-state index contributed by atoms with van der Waals surface area (Å²) in [5.41, 5.74) is -1.46. The monoisotopic (exact) mass is 565 g/mol. The highest BCUT2D eigenvalue weighted by molar-refractivity contribution is 5.79. The van der Waals surface area contributed by atoms with Crippen LogP contribution < -0.4 is 0 Å². The average molecular weight is 566 g/mol. The molecule has 10 heteroatoms. The van der Waals surface area contributed by atoms with Gasteiger partial charge in [0.2, 0.25) is 5.91 Å². The van der Waals surface area contributed by atoms with Gasteiger partial charge in [-0.25, -0.2) is 4.39 Å². The first-order valence-corrected chi connectivity index (χ1v) is 12.9. The molecule has 40 heavy (non-hydrogen) atoms. The Bertz CT molecular complexity index is 1320. The SMILES string of the molecule is C[C@@H](O[C@H]1CN2C(=O)CC(c3ccccc3)C[C@H]2C1c1ccc(F)cc1)c1cc(C(F)(F)F)cc(C(F)(F)F)c1. The second-order valence-electron chi connectivity index (χ2n) is 10.4.